The predicted octanol–water partition coefficient (Wildman–Crippen LogP) is 0.807. The van der Waals surface area contributed by atoms with Gasteiger partial charge in [-0.05, 0) is 12.1 Å². The monoisotopic (exact) mass is 291 g/mol. The number of para-hydroxylation sites is 2. The van der Waals surface area contributed by atoms with Crippen molar-refractivity contribution in [1.82, 2.24) is 24.7 Å². The zero-order valence-electron chi connectivity index (χ0n) is 10.5. The molecule has 0 aliphatic carbocycles. The summed E-state index contributed by atoms with van der Waals surface area (Å²) in [7, 11) is -3.53. The molecule has 0 amide bonds. The molecule has 0 fully saturated rings. The van der Waals surface area contributed by atoms with E-state index in [1.165, 1.54) is 12.5 Å². The van der Waals surface area contributed by atoms with Crippen molar-refractivity contribution in [2.75, 3.05) is 6.54 Å². The minimum Gasteiger partial charge on any atom is -0.342 e. The molecule has 2 heterocycles. The number of imidazole rings is 2. The van der Waals surface area contributed by atoms with Crippen LogP contribution in [0.1, 0.15) is 5.82 Å². The van der Waals surface area contributed by atoms with Gasteiger partial charge in [-0.2, -0.15) is 0 Å². The number of H-pyrrole nitrogens is 2. The zero-order chi connectivity index (χ0) is 14.0. The van der Waals surface area contributed by atoms with Gasteiger partial charge in [0.15, 0.2) is 5.03 Å². The molecule has 104 valence electrons. The van der Waals surface area contributed by atoms with E-state index in [9.17, 15) is 8.42 Å². The molecule has 20 heavy (non-hydrogen) atoms. The zero-order valence-corrected chi connectivity index (χ0v) is 11.3. The quantitative estimate of drug-likeness (QED) is 0.647. The van der Waals surface area contributed by atoms with Crippen molar-refractivity contribution in [3.8, 4) is 0 Å². The van der Waals surface area contributed by atoms with Gasteiger partial charge in [0, 0.05) is 13.0 Å². The van der Waals surface area contributed by atoms with Crippen molar-refractivity contribution >= 4 is 21.1 Å². The molecule has 3 N–H and O–H groups in total. The Kier molecular flexibility index (Phi) is 3.25. The third-order valence-electron chi connectivity index (χ3n) is 2.85. The molecule has 0 spiro atoms. The fourth-order valence-corrected chi connectivity index (χ4v) is 2.83. The Balaban J connectivity index is 1.65. The van der Waals surface area contributed by atoms with E-state index >= 15 is 0 Å². The SMILES string of the molecule is O=S(=O)(NCCc1nc2ccccc2[nH]1)c1cnc[nH]1. The average Bonchev–Trinajstić information content (AvgIpc) is 3.07. The lowest BCUT2D eigenvalue weighted by Crippen LogP contribution is -2.26. The summed E-state index contributed by atoms with van der Waals surface area (Å²) in [6.07, 6.45) is 3.08. The minimum absolute atomic E-state index is 0.0575. The fraction of sp³-hybridized carbons (Fsp3) is 0.167. The van der Waals surface area contributed by atoms with Gasteiger partial charge in [-0.25, -0.2) is 23.1 Å². The maximum absolute atomic E-state index is 11.8. The van der Waals surface area contributed by atoms with Gasteiger partial charge in [0.25, 0.3) is 10.0 Å². The molecule has 0 saturated carbocycles. The molecule has 3 rings (SSSR count). The van der Waals surface area contributed by atoms with Gasteiger partial charge >= 0.3 is 0 Å². The maximum atomic E-state index is 11.8. The number of nitrogens with zero attached hydrogens (tertiary/aromatic N) is 2. The molecule has 0 aliphatic rings. The highest BCUT2D eigenvalue weighted by Gasteiger charge is 2.14. The second kappa shape index (κ2) is 5.06. The molecule has 0 unspecified atom stereocenters. The topological polar surface area (TPSA) is 104 Å². The van der Waals surface area contributed by atoms with E-state index in [1.54, 1.807) is 0 Å². The van der Waals surface area contributed by atoms with Crippen LogP contribution in [0.15, 0.2) is 41.8 Å². The Hall–Kier alpha value is -2.19. The third-order valence-corrected chi connectivity index (χ3v) is 4.24. The van der Waals surface area contributed by atoms with Crippen LogP contribution in [0.25, 0.3) is 11.0 Å². The van der Waals surface area contributed by atoms with E-state index in [2.05, 4.69) is 24.7 Å². The molecule has 8 heteroatoms. The molecule has 0 saturated heterocycles. The summed E-state index contributed by atoms with van der Waals surface area (Å²) in [6, 6.07) is 7.67. The van der Waals surface area contributed by atoms with Gasteiger partial charge in [0.1, 0.15) is 5.82 Å². The van der Waals surface area contributed by atoms with Gasteiger partial charge in [-0.3, -0.25) is 0 Å². The van der Waals surface area contributed by atoms with E-state index in [-0.39, 0.29) is 11.6 Å². The number of fused-ring (bicyclic) bond motifs is 1. The van der Waals surface area contributed by atoms with Gasteiger partial charge in [0.05, 0.1) is 23.6 Å². The largest absolute Gasteiger partial charge is 0.342 e. The second-order valence-corrected chi connectivity index (χ2v) is 6.00. The van der Waals surface area contributed by atoms with Crippen molar-refractivity contribution in [1.29, 1.82) is 0 Å². The van der Waals surface area contributed by atoms with Gasteiger partial charge in [-0.1, -0.05) is 12.1 Å². The summed E-state index contributed by atoms with van der Waals surface area (Å²) in [5, 5.41) is 0.0575. The summed E-state index contributed by atoms with van der Waals surface area (Å²) in [5.41, 5.74) is 1.82. The smallest absolute Gasteiger partial charge is 0.257 e. The Labute approximate surface area is 115 Å². The van der Waals surface area contributed by atoms with Crippen LogP contribution in [0.2, 0.25) is 0 Å². The minimum atomic E-state index is -3.53. The highest BCUT2D eigenvalue weighted by atomic mass is 32.2. The Bertz CT molecular complexity index is 774. The number of aromatic nitrogens is 4. The molecular formula is C12H13N5O2S. The number of hydrogen-bond acceptors (Lipinski definition) is 4. The number of hydrogen-bond donors (Lipinski definition) is 3. The molecule has 0 atom stereocenters. The van der Waals surface area contributed by atoms with Crippen LogP contribution in [-0.4, -0.2) is 34.9 Å². The van der Waals surface area contributed by atoms with E-state index in [0.717, 1.165) is 16.9 Å². The number of aromatic amines is 2. The van der Waals surface area contributed by atoms with Crippen molar-refractivity contribution in [2.24, 2.45) is 0 Å². The highest BCUT2D eigenvalue weighted by Crippen LogP contribution is 2.10. The Morgan fingerprint density at radius 1 is 1.25 bits per heavy atom. The number of rotatable bonds is 5. The molecule has 0 aliphatic heterocycles. The van der Waals surface area contributed by atoms with Gasteiger partial charge in [-0.15, -0.1) is 0 Å². The normalized spacial score (nSPS) is 12.0. The second-order valence-electron chi connectivity index (χ2n) is 4.26. The lowest BCUT2D eigenvalue weighted by molar-refractivity contribution is 0.578. The summed E-state index contributed by atoms with van der Waals surface area (Å²) in [6.45, 7) is 0.265. The first-order chi connectivity index (χ1) is 9.65. The van der Waals surface area contributed by atoms with Crippen LogP contribution in [-0.2, 0) is 16.4 Å². The summed E-state index contributed by atoms with van der Waals surface area (Å²) < 4.78 is 26.2. The van der Waals surface area contributed by atoms with Crippen LogP contribution in [0.5, 0.6) is 0 Å². The first-order valence-corrected chi connectivity index (χ1v) is 7.55. The van der Waals surface area contributed by atoms with Crippen LogP contribution >= 0.6 is 0 Å². The number of benzene rings is 1. The predicted molar refractivity (Wildman–Crippen MR) is 73.6 cm³/mol. The molecule has 0 radical (unpaired) electrons. The van der Waals surface area contributed by atoms with E-state index in [4.69, 9.17) is 0 Å². The van der Waals surface area contributed by atoms with E-state index in [1.807, 2.05) is 24.3 Å². The molecule has 3 aromatic rings. The first-order valence-electron chi connectivity index (χ1n) is 6.07. The van der Waals surface area contributed by atoms with E-state index in [0.29, 0.717) is 6.42 Å². The van der Waals surface area contributed by atoms with Gasteiger partial charge < -0.3 is 9.97 Å². The third kappa shape index (κ3) is 2.56. The molecule has 1 aromatic carbocycles. The standard InChI is InChI=1S/C12H13N5O2S/c18-20(19,12-7-13-8-14-12)15-6-5-11-16-9-3-1-2-4-10(9)17-11/h1-4,7-8,15H,5-6H2,(H,13,14)(H,16,17). The first kappa shape index (κ1) is 12.8. The van der Waals surface area contributed by atoms with Crippen molar-refractivity contribution in [3.63, 3.8) is 0 Å². The van der Waals surface area contributed by atoms with Crippen molar-refractivity contribution in [2.45, 2.75) is 11.4 Å². The maximum Gasteiger partial charge on any atom is 0.257 e. The Morgan fingerprint density at radius 2 is 2.10 bits per heavy atom. The number of nitrogens with one attached hydrogen (secondary N) is 3. The summed E-state index contributed by atoms with van der Waals surface area (Å²) >= 11 is 0. The van der Waals surface area contributed by atoms with Crippen LogP contribution < -0.4 is 4.72 Å². The average molecular weight is 291 g/mol. The van der Waals surface area contributed by atoms with Crippen LogP contribution in [0.3, 0.4) is 0 Å². The molecule has 2 aromatic heterocycles. The lowest BCUT2D eigenvalue weighted by Gasteiger charge is -2.02. The highest BCUT2D eigenvalue weighted by molar-refractivity contribution is 7.89. The summed E-state index contributed by atoms with van der Waals surface area (Å²) in [5.74, 6) is 0.749. The van der Waals surface area contributed by atoms with E-state index < -0.39 is 10.0 Å². The summed E-state index contributed by atoms with van der Waals surface area (Å²) in [4.78, 5) is 13.8. The fourth-order valence-electron chi connectivity index (χ4n) is 1.90. The Morgan fingerprint density at radius 3 is 2.85 bits per heavy atom. The van der Waals surface area contributed by atoms with Crippen LogP contribution in [0, 0.1) is 0 Å². The molecule has 0 bridgehead atoms. The van der Waals surface area contributed by atoms with Gasteiger partial charge in [0.2, 0.25) is 0 Å². The van der Waals surface area contributed by atoms with Crippen molar-refractivity contribution < 1.29 is 8.42 Å². The molecule has 7 nitrogen and oxygen atoms in total. The lowest BCUT2D eigenvalue weighted by atomic mass is 10.3. The number of sulfonamides is 1. The van der Waals surface area contributed by atoms with Crippen molar-refractivity contribution in [3.05, 3.63) is 42.6 Å². The van der Waals surface area contributed by atoms with Crippen LogP contribution in [0.4, 0.5) is 0 Å². The molecular weight excluding hydrogens is 278 g/mol.